The van der Waals surface area contributed by atoms with E-state index in [9.17, 15) is 0 Å². The second-order valence-electron chi connectivity index (χ2n) is 3.78. The van der Waals surface area contributed by atoms with Gasteiger partial charge in [0.05, 0.1) is 5.92 Å². The molecule has 2 rings (SSSR count). The molecule has 1 aliphatic heterocycles. The Kier molecular flexibility index (Phi) is 3.33. The van der Waals surface area contributed by atoms with Crippen LogP contribution in [0.15, 0.2) is 4.52 Å². The second-order valence-corrected chi connectivity index (χ2v) is 3.78. The van der Waals surface area contributed by atoms with E-state index in [0.717, 1.165) is 25.4 Å². The maximum atomic E-state index is 5.40. The minimum absolute atomic E-state index is 0.0816. The van der Waals surface area contributed by atoms with E-state index in [-0.39, 0.29) is 6.10 Å². The smallest absolute Gasteiger partial charge is 0.231 e. The Labute approximate surface area is 89.2 Å². The van der Waals surface area contributed by atoms with Crippen LogP contribution < -0.4 is 5.32 Å². The fourth-order valence-electron chi connectivity index (χ4n) is 1.77. The van der Waals surface area contributed by atoms with Gasteiger partial charge < -0.3 is 14.6 Å². The molecule has 0 aromatic carbocycles. The van der Waals surface area contributed by atoms with Crippen LogP contribution in [0.2, 0.25) is 0 Å². The number of nitrogens with one attached hydrogen (secondary N) is 1. The molecular formula is C10H17N3O2. The molecule has 0 spiro atoms. The summed E-state index contributed by atoms with van der Waals surface area (Å²) in [6.45, 7) is 6.52. The van der Waals surface area contributed by atoms with Crippen LogP contribution in [0.1, 0.15) is 44.0 Å². The molecule has 1 aromatic heterocycles. The summed E-state index contributed by atoms with van der Waals surface area (Å²) in [7, 11) is 0. The van der Waals surface area contributed by atoms with Crippen molar-refractivity contribution in [3.63, 3.8) is 0 Å². The molecule has 84 valence electrons. The van der Waals surface area contributed by atoms with Crippen LogP contribution in [-0.2, 0) is 4.74 Å². The molecule has 0 radical (unpaired) electrons. The number of aromatic nitrogens is 2. The first kappa shape index (κ1) is 10.6. The van der Waals surface area contributed by atoms with E-state index in [1.54, 1.807) is 0 Å². The van der Waals surface area contributed by atoms with E-state index >= 15 is 0 Å². The van der Waals surface area contributed by atoms with Crippen LogP contribution in [-0.4, -0.2) is 29.8 Å². The Bertz CT molecular complexity index is 307. The number of rotatable bonds is 4. The van der Waals surface area contributed by atoms with E-state index in [1.807, 2.05) is 13.8 Å². The average Bonchev–Trinajstić information content (AvgIpc) is 2.89. The lowest BCUT2D eigenvalue weighted by Gasteiger charge is -2.05. The summed E-state index contributed by atoms with van der Waals surface area (Å²) in [5.74, 6) is 1.76. The zero-order valence-electron chi connectivity index (χ0n) is 9.19. The zero-order valence-corrected chi connectivity index (χ0v) is 9.19. The van der Waals surface area contributed by atoms with Crippen LogP contribution in [0.4, 0.5) is 0 Å². The minimum atomic E-state index is -0.0816. The van der Waals surface area contributed by atoms with Crippen molar-refractivity contribution in [3.8, 4) is 0 Å². The lowest BCUT2D eigenvalue weighted by atomic mass is 10.1. The van der Waals surface area contributed by atoms with Gasteiger partial charge in [0.15, 0.2) is 5.82 Å². The van der Waals surface area contributed by atoms with Gasteiger partial charge in [0, 0.05) is 13.2 Å². The monoisotopic (exact) mass is 211 g/mol. The van der Waals surface area contributed by atoms with Crippen molar-refractivity contribution in [2.24, 2.45) is 0 Å². The van der Waals surface area contributed by atoms with E-state index in [0.29, 0.717) is 18.3 Å². The number of ether oxygens (including phenoxy) is 1. The van der Waals surface area contributed by atoms with Crippen LogP contribution in [0.5, 0.6) is 0 Å². The Morgan fingerprint density at radius 3 is 3.20 bits per heavy atom. The fourth-order valence-corrected chi connectivity index (χ4v) is 1.77. The largest absolute Gasteiger partial charge is 0.371 e. The molecule has 0 aliphatic carbocycles. The molecule has 0 amide bonds. The van der Waals surface area contributed by atoms with Gasteiger partial charge in [-0.05, 0) is 26.8 Å². The maximum absolute atomic E-state index is 5.40. The average molecular weight is 211 g/mol. The van der Waals surface area contributed by atoms with Crippen molar-refractivity contribution in [1.29, 1.82) is 0 Å². The van der Waals surface area contributed by atoms with Gasteiger partial charge in [-0.2, -0.15) is 4.98 Å². The number of hydrogen-bond acceptors (Lipinski definition) is 5. The third-order valence-corrected chi connectivity index (χ3v) is 2.65. The molecule has 1 N–H and O–H groups in total. The summed E-state index contributed by atoms with van der Waals surface area (Å²) in [5, 5.41) is 7.22. The molecule has 2 heterocycles. The first-order chi connectivity index (χ1) is 7.31. The standard InChI is InChI=1S/C10H17N3O2/c1-3-14-7(2)9-12-10(15-13-9)8-4-5-11-6-8/h7-8,11H,3-6H2,1-2H3. The van der Waals surface area contributed by atoms with Crippen LogP contribution >= 0.6 is 0 Å². The molecule has 1 aliphatic rings. The highest BCUT2D eigenvalue weighted by atomic mass is 16.5. The SMILES string of the molecule is CCOC(C)c1noc(C2CCNC2)n1. The molecule has 1 aromatic rings. The van der Waals surface area contributed by atoms with E-state index in [1.165, 1.54) is 0 Å². The van der Waals surface area contributed by atoms with E-state index in [4.69, 9.17) is 9.26 Å². The molecule has 2 atom stereocenters. The summed E-state index contributed by atoms with van der Waals surface area (Å²) in [6, 6.07) is 0. The van der Waals surface area contributed by atoms with Gasteiger partial charge in [-0.3, -0.25) is 0 Å². The molecule has 5 nitrogen and oxygen atoms in total. The number of hydrogen-bond donors (Lipinski definition) is 1. The topological polar surface area (TPSA) is 60.2 Å². The molecule has 0 saturated carbocycles. The summed E-state index contributed by atoms with van der Waals surface area (Å²) < 4.78 is 10.6. The summed E-state index contributed by atoms with van der Waals surface area (Å²) in [5.41, 5.74) is 0. The predicted octanol–water partition coefficient (Wildman–Crippen LogP) is 1.24. The summed E-state index contributed by atoms with van der Waals surface area (Å²) in [4.78, 5) is 4.37. The maximum Gasteiger partial charge on any atom is 0.231 e. The van der Waals surface area contributed by atoms with Crippen LogP contribution in [0, 0.1) is 0 Å². The van der Waals surface area contributed by atoms with Crippen molar-refractivity contribution in [1.82, 2.24) is 15.5 Å². The van der Waals surface area contributed by atoms with E-state index < -0.39 is 0 Å². The van der Waals surface area contributed by atoms with Crippen molar-refractivity contribution in [2.45, 2.75) is 32.3 Å². The first-order valence-corrected chi connectivity index (χ1v) is 5.47. The Balaban J connectivity index is 2.02. The van der Waals surface area contributed by atoms with Crippen LogP contribution in [0.3, 0.4) is 0 Å². The van der Waals surface area contributed by atoms with Gasteiger partial charge in [0.1, 0.15) is 6.10 Å². The number of nitrogens with zero attached hydrogens (tertiary/aromatic N) is 2. The Morgan fingerprint density at radius 2 is 2.53 bits per heavy atom. The van der Waals surface area contributed by atoms with Gasteiger partial charge in [0.2, 0.25) is 5.89 Å². The van der Waals surface area contributed by atoms with Crippen molar-refractivity contribution in [2.75, 3.05) is 19.7 Å². The Morgan fingerprint density at radius 1 is 1.67 bits per heavy atom. The van der Waals surface area contributed by atoms with Gasteiger partial charge in [0.25, 0.3) is 0 Å². The molecule has 0 bridgehead atoms. The quantitative estimate of drug-likeness (QED) is 0.812. The van der Waals surface area contributed by atoms with Crippen molar-refractivity contribution in [3.05, 3.63) is 11.7 Å². The predicted molar refractivity (Wildman–Crippen MR) is 54.6 cm³/mol. The van der Waals surface area contributed by atoms with Gasteiger partial charge >= 0.3 is 0 Å². The van der Waals surface area contributed by atoms with Gasteiger partial charge in [-0.1, -0.05) is 5.16 Å². The highest BCUT2D eigenvalue weighted by molar-refractivity contribution is 4.99. The van der Waals surface area contributed by atoms with Crippen molar-refractivity contribution < 1.29 is 9.26 Å². The summed E-state index contributed by atoms with van der Waals surface area (Å²) >= 11 is 0. The second kappa shape index (κ2) is 4.72. The van der Waals surface area contributed by atoms with E-state index in [2.05, 4.69) is 15.5 Å². The van der Waals surface area contributed by atoms with Gasteiger partial charge in [-0.15, -0.1) is 0 Å². The van der Waals surface area contributed by atoms with Crippen LogP contribution in [0.25, 0.3) is 0 Å². The lowest BCUT2D eigenvalue weighted by Crippen LogP contribution is -2.08. The highest BCUT2D eigenvalue weighted by Crippen LogP contribution is 2.22. The molecule has 2 unspecified atom stereocenters. The molecule has 1 fully saturated rings. The third-order valence-electron chi connectivity index (χ3n) is 2.65. The normalized spacial score (nSPS) is 23.2. The first-order valence-electron chi connectivity index (χ1n) is 5.47. The van der Waals surface area contributed by atoms with Gasteiger partial charge in [-0.25, -0.2) is 0 Å². The molecule has 1 saturated heterocycles. The third kappa shape index (κ3) is 2.35. The zero-order chi connectivity index (χ0) is 10.7. The molecular weight excluding hydrogens is 194 g/mol. The van der Waals surface area contributed by atoms with Crippen molar-refractivity contribution >= 4 is 0 Å². The lowest BCUT2D eigenvalue weighted by molar-refractivity contribution is 0.0683. The highest BCUT2D eigenvalue weighted by Gasteiger charge is 2.24. The molecule has 15 heavy (non-hydrogen) atoms. The molecule has 5 heteroatoms. The summed E-state index contributed by atoms with van der Waals surface area (Å²) in [6.07, 6.45) is 0.992. The fraction of sp³-hybridized carbons (Fsp3) is 0.800. The minimum Gasteiger partial charge on any atom is -0.371 e. The Hall–Kier alpha value is -0.940.